The first-order valence-corrected chi connectivity index (χ1v) is 8.17. The molecular weight excluding hydrogens is 326 g/mol. The van der Waals surface area contributed by atoms with Crippen LogP contribution in [0.4, 0.5) is 11.5 Å². The summed E-state index contributed by atoms with van der Waals surface area (Å²) in [5, 5.41) is 5.81. The third-order valence-electron chi connectivity index (χ3n) is 3.92. The molecule has 1 fully saturated rings. The number of rotatable bonds is 4. The highest BCUT2D eigenvalue weighted by Gasteiger charge is 2.17. The number of ether oxygens (including phenoxy) is 2. The Kier molecular flexibility index (Phi) is 4.19. The van der Waals surface area contributed by atoms with Crippen molar-refractivity contribution in [1.82, 2.24) is 9.97 Å². The normalized spacial score (nSPS) is 17.1. The highest BCUT2D eigenvalue weighted by molar-refractivity contribution is 6.29. The van der Waals surface area contributed by atoms with Crippen molar-refractivity contribution in [3.8, 4) is 5.75 Å². The lowest BCUT2D eigenvalue weighted by molar-refractivity contribution is 0.141. The SMILES string of the molecule is Clc1ccc(Nc2nccc3cc(O[C@H]4CCOC4)ccc23)cn1. The lowest BCUT2D eigenvalue weighted by Gasteiger charge is -2.13. The molecule has 24 heavy (non-hydrogen) atoms. The van der Waals surface area contributed by atoms with Gasteiger partial charge in [0.15, 0.2) is 0 Å². The standard InChI is InChI=1S/C18H16ClN3O2/c19-17-4-1-13(10-21-17)22-18-16-3-2-14(9-12(16)5-7-20-18)24-15-6-8-23-11-15/h1-5,7,9-10,15H,6,8,11H2,(H,20,22)/t15-/m0/s1. The van der Waals surface area contributed by atoms with E-state index in [4.69, 9.17) is 21.1 Å². The van der Waals surface area contributed by atoms with Crippen LogP contribution in [0.25, 0.3) is 10.8 Å². The maximum Gasteiger partial charge on any atom is 0.138 e. The molecule has 122 valence electrons. The zero-order valence-corrected chi connectivity index (χ0v) is 13.7. The van der Waals surface area contributed by atoms with Gasteiger partial charge in [-0.15, -0.1) is 0 Å². The largest absolute Gasteiger partial charge is 0.488 e. The molecule has 3 heterocycles. The van der Waals surface area contributed by atoms with Crippen LogP contribution in [-0.2, 0) is 4.74 Å². The van der Waals surface area contributed by atoms with E-state index in [1.54, 1.807) is 18.5 Å². The molecule has 1 aromatic carbocycles. The molecule has 0 amide bonds. The molecule has 1 aliphatic rings. The van der Waals surface area contributed by atoms with Crippen molar-refractivity contribution in [2.75, 3.05) is 18.5 Å². The van der Waals surface area contributed by atoms with Crippen molar-refractivity contribution >= 4 is 33.9 Å². The number of nitrogens with one attached hydrogen (secondary N) is 1. The minimum absolute atomic E-state index is 0.141. The highest BCUT2D eigenvalue weighted by atomic mass is 35.5. The zero-order chi connectivity index (χ0) is 16.4. The van der Waals surface area contributed by atoms with E-state index in [2.05, 4.69) is 15.3 Å². The van der Waals surface area contributed by atoms with Gasteiger partial charge in [-0.25, -0.2) is 9.97 Å². The molecular formula is C18H16ClN3O2. The second kappa shape index (κ2) is 6.63. The molecule has 5 nitrogen and oxygen atoms in total. The quantitative estimate of drug-likeness (QED) is 0.721. The van der Waals surface area contributed by atoms with Crippen molar-refractivity contribution in [3.05, 3.63) is 53.9 Å². The van der Waals surface area contributed by atoms with E-state index < -0.39 is 0 Å². The van der Waals surface area contributed by atoms with Crippen molar-refractivity contribution in [1.29, 1.82) is 0 Å². The second-order valence-electron chi connectivity index (χ2n) is 5.64. The van der Waals surface area contributed by atoms with E-state index in [0.717, 1.165) is 41.1 Å². The lowest BCUT2D eigenvalue weighted by Crippen LogP contribution is -2.15. The fourth-order valence-electron chi connectivity index (χ4n) is 2.71. The van der Waals surface area contributed by atoms with Gasteiger partial charge >= 0.3 is 0 Å². The average Bonchev–Trinajstić information content (AvgIpc) is 3.10. The summed E-state index contributed by atoms with van der Waals surface area (Å²) in [5.74, 6) is 1.62. The van der Waals surface area contributed by atoms with E-state index in [1.807, 2.05) is 30.3 Å². The molecule has 0 unspecified atom stereocenters. The van der Waals surface area contributed by atoms with Crippen LogP contribution >= 0.6 is 11.6 Å². The molecule has 0 bridgehead atoms. The summed E-state index contributed by atoms with van der Waals surface area (Å²) in [6.07, 6.45) is 4.53. The van der Waals surface area contributed by atoms with Crippen molar-refractivity contribution < 1.29 is 9.47 Å². The lowest BCUT2D eigenvalue weighted by atomic mass is 10.1. The van der Waals surface area contributed by atoms with Gasteiger partial charge in [-0.3, -0.25) is 0 Å². The van der Waals surface area contributed by atoms with Crippen LogP contribution in [0.15, 0.2) is 48.8 Å². The first-order chi connectivity index (χ1) is 11.8. The maximum atomic E-state index is 5.96. The molecule has 4 rings (SSSR count). The molecule has 1 aliphatic heterocycles. The molecule has 6 heteroatoms. The number of hydrogen-bond donors (Lipinski definition) is 1. The summed E-state index contributed by atoms with van der Waals surface area (Å²) >= 11 is 5.82. The van der Waals surface area contributed by atoms with Gasteiger partial charge in [0.1, 0.15) is 22.8 Å². The second-order valence-corrected chi connectivity index (χ2v) is 6.03. The predicted molar refractivity (Wildman–Crippen MR) is 94.1 cm³/mol. The molecule has 2 aromatic heterocycles. The summed E-state index contributed by atoms with van der Waals surface area (Å²) in [6, 6.07) is 11.6. The Morgan fingerprint density at radius 3 is 2.92 bits per heavy atom. The molecule has 1 N–H and O–H groups in total. The summed E-state index contributed by atoms with van der Waals surface area (Å²) in [6.45, 7) is 1.43. The first kappa shape index (κ1) is 15.2. The van der Waals surface area contributed by atoms with Crippen molar-refractivity contribution in [3.63, 3.8) is 0 Å². The predicted octanol–water partition coefficient (Wildman–Crippen LogP) is 4.19. The minimum atomic E-state index is 0.141. The van der Waals surface area contributed by atoms with Gasteiger partial charge in [-0.05, 0) is 41.8 Å². The van der Waals surface area contributed by atoms with Gasteiger partial charge in [0.25, 0.3) is 0 Å². The molecule has 0 radical (unpaired) electrons. The smallest absolute Gasteiger partial charge is 0.138 e. The van der Waals surface area contributed by atoms with E-state index in [0.29, 0.717) is 11.8 Å². The molecule has 0 saturated carbocycles. The van der Waals surface area contributed by atoms with Crippen LogP contribution in [0.1, 0.15) is 6.42 Å². The van der Waals surface area contributed by atoms with Crippen molar-refractivity contribution in [2.45, 2.75) is 12.5 Å². The monoisotopic (exact) mass is 341 g/mol. The van der Waals surface area contributed by atoms with Crippen LogP contribution in [0, 0.1) is 0 Å². The maximum absolute atomic E-state index is 5.96. The Morgan fingerprint density at radius 1 is 1.17 bits per heavy atom. The summed E-state index contributed by atoms with van der Waals surface area (Å²) in [4.78, 5) is 8.49. The Hall–Kier alpha value is -2.37. The Bertz CT molecular complexity index is 849. The highest BCUT2D eigenvalue weighted by Crippen LogP contribution is 2.28. The number of halogens is 1. The molecule has 3 aromatic rings. The molecule has 0 aliphatic carbocycles. The van der Waals surface area contributed by atoms with Crippen LogP contribution in [0.3, 0.4) is 0 Å². The van der Waals surface area contributed by atoms with Gasteiger partial charge in [-0.2, -0.15) is 0 Å². The van der Waals surface area contributed by atoms with E-state index >= 15 is 0 Å². The number of benzene rings is 1. The number of fused-ring (bicyclic) bond motifs is 1. The number of pyridine rings is 2. The third kappa shape index (κ3) is 3.27. The fraction of sp³-hybridized carbons (Fsp3) is 0.222. The van der Waals surface area contributed by atoms with Gasteiger partial charge < -0.3 is 14.8 Å². The summed E-state index contributed by atoms with van der Waals surface area (Å²) < 4.78 is 11.3. The van der Waals surface area contributed by atoms with Crippen molar-refractivity contribution in [2.24, 2.45) is 0 Å². The topological polar surface area (TPSA) is 56.3 Å². The number of anilines is 2. The van der Waals surface area contributed by atoms with Crippen LogP contribution < -0.4 is 10.1 Å². The Morgan fingerprint density at radius 2 is 2.12 bits per heavy atom. The van der Waals surface area contributed by atoms with Crippen LogP contribution in [0.2, 0.25) is 5.15 Å². The Labute approximate surface area is 144 Å². The average molecular weight is 342 g/mol. The number of nitrogens with zero attached hydrogens (tertiary/aromatic N) is 2. The number of aromatic nitrogens is 2. The zero-order valence-electron chi connectivity index (χ0n) is 12.9. The molecule has 0 spiro atoms. The summed E-state index contributed by atoms with van der Waals surface area (Å²) in [7, 11) is 0. The first-order valence-electron chi connectivity index (χ1n) is 7.80. The van der Waals surface area contributed by atoms with Crippen LogP contribution in [-0.4, -0.2) is 29.3 Å². The third-order valence-corrected chi connectivity index (χ3v) is 4.14. The van der Waals surface area contributed by atoms with E-state index in [1.165, 1.54) is 0 Å². The van der Waals surface area contributed by atoms with Gasteiger partial charge in [-0.1, -0.05) is 11.6 Å². The van der Waals surface area contributed by atoms with E-state index in [-0.39, 0.29) is 6.10 Å². The Balaban J connectivity index is 1.60. The number of hydrogen-bond acceptors (Lipinski definition) is 5. The molecule has 1 atom stereocenters. The summed E-state index contributed by atoms with van der Waals surface area (Å²) in [5.41, 5.74) is 0.836. The van der Waals surface area contributed by atoms with Gasteiger partial charge in [0.05, 0.1) is 25.1 Å². The van der Waals surface area contributed by atoms with Gasteiger partial charge in [0, 0.05) is 18.0 Å². The molecule has 1 saturated heterocycles. The minimum Gasteiger partial charge on any atom is -0.488 e. The van der Waals surface area contributed by atoms with Gasteiger partial charge in [0.2, 0.25) is 0 Å². The van der Waals surface area contributed by atoms with Crippen LogP contribution in [0.5, 0.6) is 5.75 Å². The van der Waals surface area contributed by atoms with E-state index in [9.17, 15) is 0 Å². The fourth-order valence-corrected chi connectivity index (χ4v) is 2.83.